The van der Waals surface area contributed by atoms with Crippen molar-refractivity contribution in [3.05, 3.63) is 211 Å². The molecule has 0 fully saturated rings. The maximum Gasteiger partial charge on any atom is 0.420 e. The summed E-state index contributed by atoms with van der Waals surface area (Å²) >= 11 is 0. The Bertz CT molecular complexity index is 3650. The standard InChI is InChI=1S/C58H33F6NO2/c59-57(60,61)49-32-38-12-4-6-14-43(38)51-47-18-8-16-45(53(47)66-55(49)51)36-22-28-41(29-23-36)65(40-26-20-35(21-27-40)34-10-2-1-3-11-34)42-30-24-37(25-31-42)46-17-9-19-48-52-44-15-7-5-13-39(44)33-50(58(62,63)64)56(52)67-54(46)48/h1-33H. The summed E-state index contributed by atoms with van der Waals surface area (Å²) in [4.78, 5) is 2.09. The number of alkyl halides is 6. The van der Waals surface area contributed by atoms with Gasteiger partial charge in [0.25, 0.3) is 0 Å². The van der Waals surface area contributed by atoms with Gasteiger partial charge in [-0.3, -0.25) is 0 Å². The number of hydrogen-bond acceptors (Lipinski definition) is 3. The van der Waals surface area contributed by atoms with Crippen LogP contribution in [0.1, 0.15) is 11.1 Å². The average molecular weight is 890 g/mol. The monoisotopic (exact) mass is 889 g/mol. The molecule has 0 aliphatic carbocycles. The van der Waals surface area contributed by atoms with E-state index in [2.05, 4.69) is 17.0 Å². The molecule has 9 heteroatoms. The van der Waals surface area contributed by atoms with E-state index in [-0.39, 0.29) is 11.2 Å². The quantitative estimate of drug-likeness (QED) is 0.156. The smallest absolute Gasteiger partial charge is 0.420 e. The molecule has 324 valence electrons. The van der Waals surface area contributed by atoms with Crippen LogP contribution in [-0.2, 0) is 12.4 Å². The molecule has 0 aliphatic rings. The lowest BCUT2D eigenvalue weighted by molar-refractivity contribution is -0.137. The maximum absolute atomic E-state index is 14.5. The minimum Gasteiger partial charge on any atom is -0.455 e. The number of nitrogens with zero attached hydrogens (tertiary/aromatic N) is 1. The SMILES string of the molecule is FC(F)(F)c1cc2ccccc2c2c1oc1c(-c3ccc(N(c4ccc(-c5ccccc5)cc4)c4ccc(-c5cccc6c5oc5c(C(F)(F)F)cc7ccccc7c56)cc4)cc3)cccc12. The Morgan fingerprint density at radius 2 is 0.672 bits per heavy atom. The number of fused-ring (bicyclic) bond motifs is 10. The second-order valence-electron chi connectivity index (χ2n) is 16.6. The Balaban J connectivity index is 0.968. The molecule has 2 aromatic heterocycles. The molecule has 0 spiro atoms. The third-order valence-corrected chi connectivity index (χ3v) is 12.7. The van der Waals surface area contributed by atoms with Crippen LogP contribution in [0, 0.1) is 0 Å². The van der Waals surface area contributed by atoms with E-state index >= 15 is 0 Å². The Hall–Kier alpha value is -8.30. The molecule has 2 heterocycles. The summed E-state index contributed by atoms with van der Waals surface area (Å²) in [5.41, 5.74) is 6.05. The number of hydrogen-bond donors (Lipinski definition) is 0. The van der Waals surface area contributed by atoms with E-state index in [9.17, 15) is 26.3 Å². The van der Waals surface area contributed by atoms with Gasteiger partial charge in [0.2, 0.25) is 0 Å². The molecule has 12 aromatic rings. The summed E-state index contributed by atoms with van der Waals surface area (Å²) in [6, 6.07) is 61.1. The lowest BCUT2D eigenvalue weighted by atomic mass is 9.97. The van der Waals surface area contributed by atoms with E-state index in [4.69, 9.17) is 8.83 Å². The molecule has 0 aliphatic heterocycles. The van der Waals surface area contributed by atoms with Crippen LogP contribution in [0.15, 0.2) is 209 Å². The lowest BCUT2D eigenvalue weighted by Gasteiger charge is -2.26. The van der Waals surface area contributed by atoms with Crippen molar-refractivity contribution < 1.29 is 35.2 Å². The van der Waals surface area contributed by atoms with Gasteiger partial charge in [0.1, 0.15) is 22.3 Å². The topological polar surface area (TPSA) is 29.5 Å². The van der Waals surface area contributed by atoms with Gasteiger partial charge in [-0.15, -0.1) is 0 Å². The first kappa shape index (κ1) is 40.2. The van der Waals surface area contributed by atoms with Gasteiger partial charge < -0.3 is 13.7 Å². The summed E-state index contributed by atoms with van der Waals surface area (Å²) < 4.78 is 99.5. The molecule has 12 rings (SSSR count). The van der Waals surface area contributed by atoms with Gasteiger partial charge in [-0.05, 0) is 92.3 Å². The van der Waals surface area contributed by atoms with E-state index in [1.54, 1.807) is 36.4 Å². The van der Waals surface area contributed by atoms with Crippen molar-refractivity contribution in [3.8, 4) is 33.4 Å². The van der Waals surface area contributed by atoms with E-state index < -0.39 is 23.5 Å². The predicted octanol–water partition coefficient (Wildman–Crippen LogP) is 18.3. The van der Waals surface area contributed by atoms with Crippen LogP contribution in [0.2, 0.25) is 0 Å². The summed E-state index contributed by atoms with van der Waals surface area (Å²) in [6.07, 6.45) is -9.26. The van der Waals surface area contributed by atoms with E-state index in [1.165, 1.54) is 0 Å². The van der Waals surface area contributed by atoms with Crippen LogP contribution in [0.25, 0.3) is 98.8 Å². The molecule has 0 saturated heterocycles. The zero-order chi connectivity index (χ0) is 45.6. The average Bonchev–Trinajstić information content (AvgIpc) is 3.94. The highest BCUT2D eigenvalue weighted by Gasteiger charge is 2.37. The highest BCUT2D eigenvalue weighted by molar-refractivity contribution is 6.23. The van der Waals surface area contributed by atoms with Crippen LogP contribution in [0.4, 0.5) is 43.4 Å². The van der Waals surface area contributed by atoms with Crippen molar-refractivity contribution in [2.24, 2.45) is 0 Å². The molecule has 0 radical (unpaired) electrons. The highest BCUT2D eigenvalue weighted by Crippen LogP contribution is 2.48. The summed E-state index contributed by atoms with van der Waals surface area (Å²) in [6.45, 7) is 0. The van der Waals surface area contributed by atoms with Crippen molar-refractivity contribution in [2.75, 3.05) is 4.90 Å². The van der Waals surface area contributed by atoms with E-state index in [0.717, 1.165) is 51.4 Å². The summed E-state index contributed by atoms with van der Waals surface area (Å²) in [5, 5.41) is 4.32. The molecule has 10 aromatic carbocycles. The van der Waals surface area contributed by atoms with Crippen molar-refractivity contribution in [3.63, 3.8) is 0 Å². The number of para-hydroxylation sites is 2. The Kier molecular flexibility index (Phi) is 9.09. The fraction of sp³-hybridized carbons (Fsp3) is 0.0345. The fourth-order valence-electron chi connectivity index (χ4n) is 9.63. The maximum atomic E-state index is 14.5. The molecule has 3 nitrogen and oxygen atoms in total. The largest absolute Gasteiger partial charge is 0.455 e. The number of benzene rings is 10. The molecule has 0 unspecified atom stereocenters. The van der Waals surface area contributed by atoms with Crippen LogP contribution in [0.3, 0.4) is 0 Å². The zero-order valence-electron chi connectivity index (χ0n) is 35.1. The minimum absolute atomic E-state index is 0.199. The first-order valence-electron chi connectivity index (χ1n) is 21.5. The highest BCUT2D eigenvalue weighted by atomic mass is 19.4. The number of halogens is 6. The summed E-state index contributed by atoms with van der Waals surface area (Å²) in [7, 11) is 0. The minimum atomic E-state index is -4.63. The number of rotatable bonds is 6. The lowest BCUT2D eigenvalue weighted by Crippen LogP contribution is -2.09. The van der Waals surface area contributed by atoms with Crippen LogP contribution < -0.4 is 4.90 Å². The van der Waals surface area contributed by atoms with Gasteiger partial charge in [-0.2, -0.15) is 26.3 Å². The Morgan fingerprint density at radius 3 is 1.09 bits per heavy atom. The first-order chi connectivity index (χ1) is 32.5. The van der Waals surface area contributed by atoms with Crippen molar-refractivity contribution in [1.29, 1.82) is 0 Å². The third kappa shape index (κ3) is 6.68. The van der Waals surface area contributed by atoms with E-state index in [0.29, 0.717) is 65.4 Å². The second kappa shape index (κ2) is 15.1. The predicted molar refractivity (Wildman–Crippen MR) is 257 cm³/mol. The fourth-order valence-corrected chi connectivity index (χ4v) is 9.63. The van der Waals surface area contributed by atoms with Gasteiger partial charge in [0, 0.05) is 49.7 Å². The van der Waals surface area contributed by atoms with Crippen LogP contribution in [0.5, 0.6) is 0 Å². The molecule has 0 saturated carbocycles. The molecular formula is C58H33F6NO2. The molecule has 0 bridgehead atoms. The molecule has 0 N–H and O–H groups in total. The third-order valence-electron chi connectivity index (χ3n) is 12.7. The molecule has 67 heavy (non-hydrogen) atoms. The van der Waals surface area contributed by atoms with Crippen molar-refractivity contribution >= 4 is 82.5 Å². The molecule has 0 amide bonds. The van der Waals surface area contributed by atoms with E-state index in [1.807, 2.05) is 140 Å². The normalized spacial score (nSPS) is 12.3. The van der Waals surface area contributed by atoms with Crippen molar-refractivity contribution in [2.45, 2.75) is 12.4 Å². The zero-order valence-corrected chi connectivity index (χ0v) is 35.1. The first-order valence-corrected chi connectivity index (χ1v) is 21.5. The van der Waals surface area contributed by atoms with Gasteiger partial charge in [0.15, 0.2) is 0 Å². The molecular weight excluding hydrogens is 857 g/mol. The number of anilines is 3. The van der Waals surface area contributed by atoms with Crippen molar-refractivity contribution in [1.82, 2.24) is 0 Å². The van der Waals surface area contributed by atoms with Gasteiger partial charge in [0.05, 0.1) is 11.1 Å². The summed E-state index contributed by atoms with van der Waals surface area (Å²) in [5.74, 6) is 0. The van der Waals surface area contributed by atoms with Crippen LogP contribution >= 0.6 is 0 Å². The van der Waals surface area contributed by atoms with Crippen LogP contribution in [-0.4, -0.2) is 0 Å². The second-order valence-corrected chi connectivity index (χ2v) is 16.6. The van der Waals surface area contributed by atoms with Gasteiger partial charge >= 0.3 is 12.4 Å². The number of furan rings is 2. The Labute approximate surface area is 378 Å². The Morgan fingerprint density at radius 1 is 0.313 bits per heavy atom. The van der Waals surface area contributed by atoms with Gasteiger partial charge in [-0.25, -0.2) is 0 Å². The van der Waals surface area contributed by atoms with Gasteiger partial charge in [-0.1, -0.05) is 152 Å². The molecule has 0 atom stereocenters.